The zero-order chi connectivity index (χ0) is 42.3. The molecule has 3 aliphatic rings. The maximum absolute atomic E-state index is 13.3. The van der Waals surface area contributed by atoms with Gasteiger partial charge in [-0.2, -0.15) is 31.4 Å². The van der Waals surface area contributed by atoms with E-state index in [-0.39, 0.29) is 23.5 Å². The number of hydrogen-bond donors (Lipinski definition) is 4. The molecule has 4 N–H and O–H groups in total. The van der Waals surface area contributed by atoms with Crippen LogP contribution in [0.3, 0.4) is 0 Å². The first-order valence-corrected chi connectivity index (χ1v) is 19.8. The molecule has 3 amide bonds. The van der Waals surface area contributed by atoms with Crippen LogP contribution in [-0.2, 0) is 24.6 Å². The van der Waals surface area contributed by atoms with Gasteiger partial charge in [0.1, 0.15) is 12.1 Å². The van der Waals surface area contributed by atoms with Crippen molar-refractivity contribution in [2.24, 2.45) is 17.8 Å². The molecular formula is C40H46F6N10O2S. The van der Waals surface area contributed by atoms with Gasteiger partial charge in [0.25, 0.3) is 0 Å². The molecule has 0 radical (unpaired) electrons. The fourth-order valence-electron chi connectivity index (χ4n) is 7.55. The Hall–Kier alpha value is -5.17. The normalized spacial score (nSPS) is 18.0. The summed E-state index contributed by atoms with van der Waals surface area (Å²) in [7, 11) is 1.90. The molecular weight excluding hydrogens is 799 g/mol. The Morgan fingerprint density at radius 3 is 2.42 bits per heavy atom. The van der Waals surface area contributed by atoms with Gasteiger partial charge in [0.2, 0.25) is 11.9 Å². The lowest BCUT2D eigenvalue weighted by atomic mass is 9.89. The van der Waals surface area contributed by atoms with Crippen molar-refractivity contribution in [1.29, 1.82) is 0 Å². The van der Waals surface area contributed by atoms with Crippen molar-refractivity contribution in [2.75, 3.05) is 36.4 Å². The highest BCUT2D eigenvalue weighted by molar-refractivity contribution is 7.80. The third-order valence-electron chi connectivity index (χ3n) is 10.5. The third-order valence-corrected chi connectivity index (χ3v) is 10.8. The molecule has 316 valence electrons. The van der Waals surface area contributed by atoms with Gasteiger partial charge in [0, 0.05) is 67.1 Å². The number of aryl methyl sites for hydroxylation is 1. The average molecular weight is 845 g/mol. The molecule has 0 atom stereocenters. The number of benzene rings is 2. The third kappa shape index (κ3) is 11.5. The lowest BCUT2D eigenvalue weighted by Crippen LogP contribution is -2.49. The van der Waals surface area contributed by atoms with Crippen LogP contribution in [-0.4, -0.2) is 81.2 Å². The van der Waals surface area contributed by atoms with Crippen molar-refractivity contribution in [2.45, 2.75) is 87.1 Å². The molecule has 19 heteroatoms. The number of hydrogen-bond acceptors (Lipinski definition) is 10. The fraction of sp³-hybridized carbons (Fsp3) is 0.450. The highest BCUT2D eigenvalue weighted by atomic mass is 32.1. The predicted molar refractivity (Wildman–Crippen MR) is 216 cm³/mol. The minimum Gasteiger partial charge on any atom is -0.404 e. The first-order valence-electron chi connectivity index (χ1n) is 19.4. The molecule has 2 saturated heterocycles. The summed E-state index contributed by atoms with van der Waals surface area (Å²) in [5.74, 6) is 0.855. The van der Waals surface area contributed by atoms with Crippen molar-refractivity contribution < 1.29 is 35.9 Å². The number of allylic oxidation sites excluding steroid dienone is 1. The van der Waals surface area contributed by atoms with Crippen LogP contribution in [0.25, 0.3) is 16.5 Å². The number of rotatable bonds is 9. The Morgan fingerprint density at radius 1 is 1.02 bits per heavy atom. The Kier molecular flexibility index (Phi) is 13.8. The molecule has 1 saturated carbocycles. The van der Waals surface area contributed by atoms with E-state index in [1.54, 1.807) is 4.90 Å². The number of alkyl halides is 6. The molecule has 2 aliphatic heterocycles. The smallest absolute Gasteiger partial charge is 0.404 e. The number of nitrogens with zero attached hydrogens (tertiary/aromatic N) is 7. The van der Waals surface area contributed by atoms with Crippen LogP contribution in [0.15, 0.2) is 64.7 Å². The standard InChI is InChI=1S/C24H27N5O2S.C16H19F6N5/c1-27-21-14-18(5-6-20(21)23(26-27)29-12-9-22(30)25-24(29)31)17-7-10-28(11-8-17)15-16-3-2-4-19(32)13-16;17-15(18,19)9-24-7-10(6-23)13-12(16(20,21)22)8-25-14(27-13)26-11-4-2-1-3-5-11/h2-6,13-14,17,32H,7-12,15H2,1H3,(H,25,30,31);6-8,11H,1-5,9,23H2,(H,25,26,27)/b;10-6+,24-7?. The molecule has 4 heterocycles. The number of nitrogens with one attached hydrogen (secondary N) is 2. The molecule has 59 heavy (non-hydrogen) atoms. The van der Waals surface area contributed by atoms with E-state index in [2.05, 4.69) is 84.6 Å². The molecule has 7 rings (SSSR count). The number of urea groups is 1. The molecule has 4 aromatic rings. The van der Waals surface area contributed by atoms with Crippen LogP contribution in [0.1, 0.15) is 79.7 Å². The van der Waals surface area contributed by atoms with E-state index < -0.39 is 36.2 Å². The molecule has 0 unspecified atom stereocenters. The summed E-state index contributed by atoms with van der Waals surface area (Å²) >= 11 is 4.45. The minimum absolute atomic E-state index is 0.0338. The Balaban J connectivity index is 0.000000202. The number of piperidine rings is 1. The number of fused-ring (bicyclic) bond motifs is 1. The van der Waals surface area contributed by atoms with Crippen molar-refractivity contribution in [3.8, 4) is 0 Å². The summed E-state index contributed by atoms with van der Waals surface area (Å²) in [5.41, 5.74) is 6.76. The topological polar surface area (TPSA) is 147 Å². The largest absolute Gasteiger partial charge is 0.419 e. The molecule has 1 aliphatic carbocycles. The average Bonchev–Trinajstić information content (AvgIpc) is 3.51. The van der Waals surface area contributed by atoms with Crippen LogP contribution >= 0.6 is 12.6 Å². The van der Waals surface area contributed by atoms with E-state index in [0.29, 0.717) is 37.1 Å². The van der Waals surface area contributed by atoms with E-state index in [1.165, 1.54) is 11.1 Å². The Bertz CT molecular complexity index is 2180. The number of amides is 3. The van der Waals surface area contributed by atoms with Gasteiger partial charge in [0.05, 0.1) is 11.2 Å². The van der Waals surface area contributed by atoms with Crippen LogP contribution < -0.4 is 21.3 Å². The fourth-order valence-corrected chi connectivity index (χ4v) is 7.80. The van der Waals surface area contributed by atoms with E-state index in [4.69, 9.17) is 5.73 Å². The van der Waals surface area contributed by atoms with Gasteiger partial charge in [0.15, 0.2) is 5.82 Å². The van der Waals surface area contributed by atoms with Crippen LogP contribution in [0.5, 0.6) is 0 Å². The van der Waals surface area contributed by atoms with Crippen molar-refractivity contribution in [3.63, 3.8) is 0 Å². The van der Waals surface area contributed by atoms with Gasteiger partial charge >= 0.3 is 18.4 Å². The number of likely N-dealkylation sites (tertiary alicyclic amines) is 1. The highest BCUT2D eigenvalue weighted by Crippen LogP contribution is 2.36. The zero-order valence-corrected chi connectivity index (χ0v) is 33.3. The minimum atomic E-state index is -4.80. The number of nitrogens with two attached hydrogens (primary N) is 1. The Morgan fingerprint density at radius 2 is 1.76 bits per heavy atom. The number of aromatic nitrogens is 4. The second kappa shape index (κ2) is 18.8. The number of anilines is 2. The summed E-state index contributed by atoms with van der Waals surface area (Å²) < 4.78 is 78.3. The maximum atomic E-state index is 13.3. The number of carbonyl (C=O) groups is 2. The number of thiol groups is 1. The maximum Gasteiger partial charge on any atom is 0.419 e. The van der Waals surface area contributed by atoms with Crippen molar-refractivity contribution >= 4 is 59.0 Å². The summed E-state index contributed by atoms with van der Waals surface area (Å²) in [6.45, 7) is 1.92. The lowest BCUT2D eigenvalue weighted by molar-refractivity contribution is -0.138. The van der Waals surface area contributed by atoms with Crippen LogP contribution in [0.2, 0.25) is 0 Å². The van der Waals surface area contributed by atoms with E-state index in [1.807, 2.05) is 17.8 Å². The van der Waals surface area contributed by atoms with E-state index >= 15 is 0 Å². The van der Waals surface area contributed by atoms with Gasteiger partial charge in [-0.05, 0) is 80.1 Å². The van der Waals surface area contributed by atoms with Crippen molar-refractivity contribution in [1.82, 2.24) is 30.0 Å². The lowest BCUT2D eigenvalue weighted by Gasteiger charge is -2.32. The first kappa shape index (κ1) is 43.4. The van der Waals surface area contributed by atoms with E-state index in [9.17, 15) is 35.9 Å². The second-order valence-electron chi connectivity index (χ2n) is 14.8. The van der Waals surface area contributed by atoms with Crippen molar-refractivity contribution in [3.05, 3.63) is 77.2 Å². The van der Waals surface area contributed by atoms with Gasteiger partial charge in [-0.3, -0.25) is 29.6 Å². The monoisotopic (exact) mass is 844 g/mol. The zero-order valence-electron chi connectivity index (χ0n) is 32.4. The molecule has 2 aromatic heterocycles. The summed E-state index contributed by atoms with van der Waals surface area (Å²) in [4.78, 5) is 39.5. The summed E-state index contributed by atoms with van der Waals surface area (Å²) in [6, 6.07) is 14.5. The van der Waals surface area contributed by atoms with Gasteiger partial charge < -0.3 is 11.1 Å². The molecule has 0 spiro atoms. The molecule has 0 bridgehead atoms. The van der Waals surface area contributed by atoms with Gasteiger partial charge in [-0.25, -0.2) is 14.8 Å². The SMILES string of the molecule is Cn1nc(N2CCC(=O)NC2=O)c2ccc(C3CCN(Cc4cccc(S)c4)CC3)cc21.N/C=C(\C=NCC(F)(F)F)c1nc(NC2CCCCC2)ncc1C(F)(F)F. The highest BCUT2D eigenvalue weighted by Gasteiger charge is 2.36. The van der Waals surface area contributed by atoms with Crippen LogP contribution in [0.4, 0.5) is 42.9 Å². The first-order chi connectivity index (χ1) is 28.1. The number of aliphatic imine (C=N–C) groups is 1. The van der Waals surface area contributed by atoms with E-state index in [0.717, 1.165) is 86.6 Å². The number of imide groups is 1. The Labute approximate surface area is 342 Å². The molecule has 2 aromatic carbocycles. The van der Waals surface area contributed by atoms with Gasteiger partial charge in [-0.15, -0.1) is 12.6 Å². The molecule has 3 fully saturated rings. The van der Waals surface area contributed by atoms with Crippen LogP contribution in [0, 0.1) is 0 Å². The van der Waals surface area contributed by atoms with Gasteiger partial charge in [-0.1, -0.05) is 37.5 Å². The quantitative estimate of drug-likeness (QED) is 0.0757. The second-order valence-corrected chi connectivity index (χ2v) is 15.4. The number of carbonyl (C=O) groups excluding carboxylic acids is 2. The predicted octanol–water partition coefficient (Wildman–Crippen LogP) is 7.86. The summed E-state index contributed by atoms with van der Waals surface area (Å²) in [6.07, 6.45) is -0.142. The summed E-state index contributed by atoms with van der Waals surface area (Å²) in [5, 5.41) is 10.9. The molecule has 12 nitrogen and oxygen atoms in total. The number of halogens is 6.